The van der Waals surface area contributed by atoms with E-state index in [0.29, 0.717) is 0 Å². The largest absolute Gasteiger partial charge is 0.477 e. The normalized spacial score (nSPS) is 23.1. The quantitative estimate of drug-likeness (QED) is 0.830. The summed E-state index contributed by atoms with van der Waals surface area (Å²) in [5.41, 5.74) is 0.148. The number of nitrogens with one attached hydrogen (secondary N) is 1. The molecule has 0 spiro atoms. The van der Waals surface area contributed by atoms with Gasteiger partial charge in [0, 0.05) is 12.2 Å². The Balaban J connectivity index is 1.89. The minimum atomic E-state index is -1.01. The number of aromatic nitrogens is 1. The Hall–Kier alpha value is -1.78. The van der Waals surface area contributed by atoms with Gasteiger partial charge in [0.2, 0.25) is 5.91 Å². The summed E-state index contributed by atoms with van der Waals surface area (Å²) in [6.07, 6.45) is 7.19. The molecule has 5 heteroatoms. The van der Waals surface area contributed by atoms with E-state index in [0.717, 1.165) is 31.6 Å². The molecule has 2 atom stereocenters. The Morgan fingerprint density at radius 3 is 2.90 bits per heavy atom. The molecule has 0 saturated heterocycles. The van der Waals surface area contributed by atoms with Crippen LogP contribution >= 0.6 is 0 Å². The van der Waals surface area contributed by atoms with Crippen LogP contribution in [0.4, 0.5) is 0 Å². The molecule has 1 heterocycles. The molecule has 1 saturated carbocycles. The van der Waals surface area contributed by atoms with Gasteiger partial charge < -0.3 is 15.0 Å². The molecule has 5 nitrogen and oxygen atoms in total. The molecule has 0 aromatic carbocycles. The smallest absolute Gasteiger partial charge is 0.352 e. The Kier molecular flexibility index (Phi) is 4.82. The maximum atomic E-state index is 12.0. The Morgan fingerprint density at radius 2 is 2.15 bits per heavy atom. The number of carboxylic acids is 1. The van der Waals surface area contributed by atoms with Crippen LogP contribution in [-0.4, -0.2) is 27.6 Å². The summed E-state index contributed by atoms with van der Waals surface area (Å²) in [6, 6.07) is 3.38. The SMILES string of the molecule is CC1CCCC(NC(=O)Cn2cccc2C(=O)O)CC1. The average Bonchev–Trinajstić information content (AvgIpc) is 2.74. The van der Waals surface area contributed by atoms with Crippen LogP contribution in [0.15, 0.2) is 18.3 Å². The number of rotatable bonds is 4. The fraction of sp³-hybridized carbons (Fsp3) is 0.600. The van der Waals surface area contributed by atoms with Gasteiger partial charge in [-0.25, -0.2) is 4.79 Å². The first kappa shape index (κ1) is 14.6. The molecule has 1 amide bonds. The van der Waals surface area contributed by atoms with Crippen LogP contribution in [0.25, 0.3) is 0 Å². The monoisotopic (exact) mass is 278 g/mol. The first-order chi connectivity index (χ1) is 9.56. The summed E-state index contributed by atoms with van der Waals surface area (Å²) in [4.78, 5) is 23.0. The van der Waals surface area contributed by atoms with Gasteiger partial charge in [0.15, 0.2) is 0 Å². The maximum absolute atomic E-state index is 12.0. The predicted octanol–water partition coefficient (Wildman–Crippen LogP) is 2.27. The van der Waals surface area contributed by atoms with Crippen LogP contribution in [-0.2, 0) is 11.3 Å². The number of nitrogens with zero attached hydrogens (tertiary/aromatic N) is 1. The highest BCUT2D eigenvalue weighted by Gasteiger charge is 2.18. The molecule has 1 aliphatic rings. The summed E-state index contributed by atoms with van der Waals surface area (Å²) in [7, 11) is 0. The van der Waals surface area contributed by atoms with Crippen LogP contribution in [0, 0.1) is 5.92 Å². The number of aromatic carboxylic acids is 1. The lowest BCUT2D eigenvalue weighted by atomic mass is 10.0. The number of carbonyl (C=O) groups is 2. The van der Waals surface area contributed by atoms with Crippen molar-refractivity contribution < 1.29 is 14.7 Å². The van der Waals surface area contributed by atoms with Crippen molar-refractivity contribution in [1.29, 1.82) is 0 Å². The van der Waals surface area contributed by atoms with Gasteiger partial charge in [0.1, 0.15) is 12.2 Å². The highest BCUT2D eigenvalue weighted by molar-refractivity contribution is 5.86. The van der Waals surface area contributed by atoms with Crippen molar-refractivity contribution in [3.8, 4) is 0 Å². The van der Waals surface area contributed by atoms with E-state index < -0.39 is 5.97 Å². The average molecular weight is 278 g/mol. The summed E-state index contributed by atoms with van der Waals surface area (Å²) >= 11 is 0. The van der Waals surface area contributed by atoms with E-state index in [4.69, 9.17) is 5.11 Å². The summed E-state index contributed by atoms with van der Waals surface area (Å²) < 4.78 is 1.47. The van der Waals surface area contributed by atoms with E-state index >= 15 is 0 Å². The number of hydrogen-bond donors (Lipinski definition) is 2. The van der Waals surface area contributed by atoms with E-state index in [1.165, 1.54) is 17.1 Å². The van der Waals surface area contributed by atoms with Crippen molar-refractivity contribution in [2.75, 3.05) is 0 Å². The second-order valence-corrected chi connectivity index (χ2v) is 5.70. The molecule has 0 bridgehead atoms. The lowest BCUT2D eigenvalue weighted by molar-refractivity contribution is -0.122. The maximum Gasteiger partial charge on any atom is 0.352 e. The van der Waals surface area contributed by atoms with Gasteiger partial charge in [-0.2, -0.15) is 0 Å². The fourth-order valence-corrected chi connectivity index (χ4v) is 2.81. The number of amides is 1. The van der Waals surface area contributed by atoms with Crippen LogP contribution in [0.1, 0.15) is 49.5 Å². The molecule has 1 aliphatic carbocycles. The molecule has 1 aromatic rings. The third-order valence-electron chi connectivity index (χ3n) is 3.99. The first-order valence-electron chi connectivity index (χ1n) is 7.24. The molecule has 1 fully saturated rings. The van der Waals surface area contributed by atoms with Gasteiger partial charge in [-0.3, -0.25) is 4.79 Å². The number of carboxylic acid groups (broad SMARTS) is 1. The third kappa shape index (κ3) is 3.85. The topological polar surface area (TPSA) is 71.3 Å². The second kappa shape index (κ2) is 6.59. The summed E-state index contributed by atoms with van der Waals surface area (Å²) in [6.45, 7) is 2.32. The van der Waals surface area contributed by atoms with Gasteiger partial charge in [0.25, 0.3) is 0 Å². The lowest BCUT2D eigenvalue weighted by Crippen LogP contribution is -2.37. The van der Waals surface area contributed by atoms with Crippen molar-refractivity contribution in [2.24, 2.45) is 5.92 Å². The molecule has 2 unspecified atom stereocenters. The fourth-order valence-electron chi connectivity index (χ4n) is 2.81. The molecule has 2 rings (SSSR count). The lowest BCUT2D eigenvalue weighted by Gasteiger charge is -2.17. The van der Waals surface area contributed by atoms with Gasteiger partial charge in [0.05, 0.1) is 0 Å². The van der Waals surface area contributed by atoms with Crippen LogP contribution < -0.4 is 5.32 Å². The van der Waals surface area contributed by atoms with Crippen molar-refractivity contribution in [2.45, 2.75) is 51.6 Å². The molecule has 1 aromatic heterocycles. The van der Waals surface area contributed by atoms with Crippen LogP contribution in [0.5, 0.6) is 0 Å². The van der Waals surface area contributed by atoms with E-state index in [1.807, 2.05) is 0 Å². The summed E-state index contributed by atoms with van der Waals surface area (Å²) in [5.74, 6) is -0.380. The zero-order chi connectivity index (χ0) is 14.5. The van der Waals surface area contributed by atoms with Crippen molar-refractivity contribution >= 4 is 11.9 Å². The van der Waals surface area contributed by atoms with Crippen molar-refractivity contribution in [1.82, 2.24) is 9.88 Å². The third-order valence-corrected chi connectivity index (χ3v) is 3.99. The molecule has 0 radical (unpaired) electrons. The predicted molar refractivity (Wildman–Crippen MR) is 75.6 cm³/mol. The van der Waals surface area contributed by atoms with Crippen LogP contribution in [0.2, 0.25) is 0 Å². The van der Waals surface area contributed by atoms with Gasteiger partial charge >= 0.3 is 5.97 Å². The van der Waals surface area contributed by atoms with E-state index in [-0.39, 0.29) is 24.2 Å². The van der Waals surface area contributed by atoms with Gasteiger partial charge in [-0.05, 0) is 37.3 Å². The minimum absolute atomic E-state index is 0.0701. The highest BCUT2D eigenvalue weighted by atomic mass is 16.4. The summed E-state index contributed by atoms with van der Waals surface area (Å²) in [5, 5.41) is 12.0. The molecule has 110 valence electrons. The van der Waals surface area contributed by atoms with Gasteiger partial charge in [-0.15, -0.1) is 0 Å². The number of carbonyl (C=O) groups excluding carboxylic acids is 1. The minimum Gasteiger partial charge on any atom is -0.477 e. The van der Waals surface area contributed by atoms with E-state index in [1.54, 1.807) is 12.3 Å². The molecular weight excluding hydrogens is 256 g/mol. The number of hydrogen-bond acceptors (Lipinski definition) is 2. The first-order valence-corrected chi connectivity index (χ1v) is 7.24. The Labute approximate surface area is 119 Å². The van der Waals surface area contributed by atoms with Crippen LogP contribution in [0.3, 0.4) is 0 Å². The molecule has 20 heavy (non-hydrogen) atoms. The highest BCUT2D eigenvalue weighted by Crippen LogP contribution is 2.22. The van der Waals surface area contributed by atoms with E-state index in [9.17, 15) is 9.59 Å². The van der Waals surface area contributed by atoms with E-state index in [2.05, 4.69) is 12.2 Å². The molecule has 2 N–H and O–H groups in total. The molecular formula is C15H22N2O3. The van der Waals surface area contributed by atoms with Gasteiger partial charge in [-0.1, -0.05) is 19.8 Å². The van der Waals surface area contributed by atoms with Crippen molar-refractivity contribution in [3.05, 3.63) is 24.0 Å². The molecule has 0 aliphatic heterocycles. The standard InChI is InChI=1S/C15H22N2O3/c1-11-4-2-5-12(8-7-11)16-14(18)10-17-9-3-6-13(17)15(19)20/h3,6,9,11-12H,2,4-5,7-8,10H2,1H3,(H,16,18)(H,19,20). The zero-order valence-corrected chi connectivity index (χ0v) is 11.8. The second-order valence-electron chi connectivity index (χ2n) is 5.70. The zero-order valence-electron chi connectivity index (χ0n) is 11.8. The Bertz CT molecular complexity index is 481. The Morgan fingerprint density at radius 1 is 1.35 bits per heavy atom. The van der Waals surface area contributed by atoms with Crippen molar-refractivity contribution in [3.63, 3.8) is 0 Å².